The Labute approximate surface area is 223 Å². The lowest BCUT2D eigenvalue weighted by molar-refractivity contribution is -0.393. The van der Waals surface area contributed by atoms with Gasteiger partial charge in [-0.2, -0.15) is 0 Å². The van der Waals surface area contributed by atoms with Crippen molar-refractivity contribution in [2.75, 3.05) is 38.3 Å². The van der Waals surface area contributed by atoms with Gasteiger partial charge in [0.25, 0.3) is 11.4 Å². The number of nitrogens with one attached hydrogen (secondary N) is 1. The van der Waals surface area contributed by atoms with Crippen LogP contribution >= 0.6 is 0 Å². The molecule has 1 N–H and O–H groups in total. The van der Waals surface area contributed by atoms with Gasteiger partial charge in [-0.15, -0.1) is 0 Å². The Morgan fingerprint density at radius 1 is 0.649 bits per heavy atom. The van der Waals surface area contributed by atoms with Crippen molar-refractivity contribution in [3.8, 4) is 0 Å². The Balaban J connectivity index is 1.84. The summed E-state index contributed by atoms with van der Waals surface area (Å²) in [5.74, 6) is 0. The Hall–Kier alpha value is -2.26. The van der Waals surface area contributed by atoms with Crippen LogP contribution in [0, 0.1) is 20.2 Å². The number of non-ortho nitro benzene ring substituents is 1. The topological polar surface area (TPSA) is 117 Å². The van der Waals surface area contributed by atoms with Crippen LogP contribution in [0.5, 0.6) is 0 Å². The molecular formula is C28H49N3O6. The summed E-state index contributed by atoms with van der Waals surface area (Å²) in [5, 5.41) is 24.8. The minimum atomic E-state index is -0.653. The highest BCUT2D eigenvalue weighted by molar-refractivity contribution is 5.65. The maximum Gasteiger partial charge on any atom is 0.299 e. The molecule has 9 heteroatoms. The minimum absolute atomic E-state index is 0.235. The van der Waals surface area contributed by atoms with Crippen LogP contribution in [0.3, 0.4) is 0 Å². The van der Waals surface area contributed by atoms with E-state index in [4.69, 9.17) is 9.47 Å². The molecule has 9 nitrogen and oxygen atoms in total. The lowest BCUT2D eigenvalue weighted by Gasteiger charge is -2.08. The van der Waals surface area contributed by atoms with Crippen LogP contribution < -0.4 is 5.32 Å². The van der Waals surface area contributed by atoms with Crippen LogP contribution in [-0.4, -0.2) is 42.8 Å². The summed E-state index contributed by atoms with van der Waals surface area (Å²) in [4.78, 5) is 20.6. The summed E-state index contributed by atoms with van der Waals surface area (Å²) in [5.41, 5.74) is -0.398. The summed E-state index contributed by atoms with van der Waals surface area (Å²) in [6, 6.07) is 3.54. The molecular weight excluding hydrogens is 474 g/mol. The molecule has 0 saturated carbocycles. The number of nitrogens with zero attached hydrogens (tertiary/aromatic N) is 2. The molecule has 0 radical (unpaired) electrons. The molecule has 0 amide bonds. The molecule has 0 aliphatic heterocycles. The zero-order chi connectivity index (χ0) is 27.0. The number of nitro benzene ring substituents is 2. The fraction of sp³-hybridized carbons (Fsp3) is 0.786. The van der Waals surface area contributed by atoms with E-state index in [9.17, 15) is 20.2 Å². The van der Waals surface area contributed by atoms with Crippen molar-refractivity contribution in [1.29, 1.82) is 0 Å². The Morgan fingerprint density at radius 2 is 1.14 bits per heavy atom. The zero-order valence-electron chi connectivity index (χ0n) is 22.9. The maximum atomic E-state index is 11.1. The first-order chi connectivity index (χ1) is 18.1. The standard InChI is InChI=1S/C28H49N3O6/c1-2-3-4-5-6-7-8-9-10-11-12-13-14-15-16-17-21-36-23-24-37-22-20-29-27-19-18-26(30(32)33)25-28(27)31(34)35/h18-19,25,29H,2-17,20-24H2,1H3. The van der Waals surface area contributed by atoms with Gasteiger partial charge in [-0.05, 0) is 12.5 Å². The zero-order valence-corrected chi connectivity index (χ0v) is 22.9. The molecule has 0 atom stereocenters. The molecule has 0 aliphatic carbocycles. The van der Waals surface area contributed by atoms with Gasteiger partial charge >= 0.3 is 0 Å². The highest BCUT2D eigenvalue weighted by Gasteiger charge is 2.18. The van der Waals surface area contributed by atoms with Gasteiger partial charge in [0.15, 0.2) is 0 Å². The predicted octanol–water partition coefficient (Wildman–Crippen LogP) is 8.21. The van der Waals surface area contributed by atoms with E-state index in [0.29, 0.717) is 26.4 Å². The van der Waals surface area contributed by atoms with Crippen LogP contribution in [0.4, 0.5) is 17.1 Å². The molecule has 0 bridgehead atoms. The number of anilines is 1. The van der Waals surface area contributed by atoms with Crippen LogP contribution in [0.25, 0.3) is 0 Å². The maximum absolute atomic E-state index is 11.1. The van der Waals surface area contributed by atoms with Gasteiger partial charge in [0, 0.05) is 19.2 Å². The van der Waals surface area contributed by atoms with E-state index in [0.717, 1.165) is 19.1 Å². The first-order valence-electron chi connectivity index (χ1n) is 14.4. The molecule has 212 valence electrons. The van der Waals surface area contributed by atoms with Crippen molar-refractivity contribution in [1.82, 2.24) is 0 Å². The predicted molar refractivity (Wildman–Crippen MR) is 149 cm³/mol. The van der Waals surface area contributed by atoms with E-state index in [1.54, 1.807) is 0 Å². The first-order valence-corrected chi connectivity index (χ1v) is 14.4. The number of unbranched alkanes of at least 4 members (excludes halogenated alkanes) is 15. The third-order valence-electron chi connectivity index (χ3n) is 6.46. The normalized spacial score (nSPS) is 11.1. The second kappa shape index (κ2) is 22.9. The van der Waals surface area contributed by atoms with Crippen molar-refractivity contribution < 1.29 is 19.3 Å². The largest absolute Gasteiger partial charge is 0.379 e. The summed E-state index contributed by atoms with van der Waals surface area (Å²) < 4.78 is 11.1. The summed E-state index contributed by atoms with van der Waals surface area (Å²) in [7, 11) is 0. The molecule has 1 aromatic carbocycles. The molecule has 0 fully saturated rings. The molecule has 0 unspecified atom stereocenters. The Kier molecular flexibility index (Phi) is 20.3. The molecule has 0 aromatic heterocycles. The van der Waals surface area contributed by atoms with Gasteiger partial charge < -0.3 is 14.8 Å². The van der Waals surface area contributed by atoms with Crippen molar-refractivity contribution >= 4 is 17.1 Å². The average Bonchev–Trinajstić information content (AvgIpc) is 2.89. The van der Waals surface area contributed by atoms with E-state index in [-0.39, 0.29) is 17.1 Å². The highest BCUT2D eigenvalue weighted by Crippen LogP contribution is 2.28. The second-order valence-electron chi connectivity index (χ2n) is 9.67. The summed E-state index contributed by atoms with van der Waals surface area (Å²) in [6.07, 6.45) is 21.6. The number of nitro groups is 2. The van der Waals surface area contributed by atoms with Crippen LogP contribution in [-0.2, 0) is 9.47 Å². The quantitative estimate of drug-likeness (QED) is 0.0738. The number of benzene rings is 1. The third kappa shape index (κ3) is 17.8. The highest BCUT2D eigenvalue weighted by atomic mass is 16.6. The lowest BCUT2D eigenvalue weighted by atomic mass is 10.0. The van der Waals surface area contributed by atoms with Crippen molar-refractivity contribution in [3.63, 3.8) is 0 Å². The van der Waals surface area contributed by atoms with Crippen molar-refractivity contribution in [2.24, 2.45) is 0 Å². The van der Waals surface area contributed by atoms with E-state index in [2.05, 4.69) is 12.2 Å². The van der Waals surface area contributed by atoms with E-state index in [1.807, 2.05) is 0 Å². The van der Waals surface area contributed by atoms with E-state index in [1.165, 1.54) is 108 Å². The van der Waals surface area contributed by atoms with Gasteiger partial charge in [0.05, 0.1) is 35.7 Å². The van der Waals surface area contributed by atoms with E-state index >= 15 is 0 Å². The van der Waals surface area contributed by atoms with Gasteiger partial charge in [-0.25, -0.2) is 0 Å². The van der Waals surface area contributed by atoms with Crippen molar-refractivity contribution in [2.45, 2.75) is 110 Å². The summed E-state index contributed by atoms with van der Waals surface area (Å²) >= 11 is 0. The third-order valence-corrected chi connectivity index (χ3v) is 6.46. The molecule has 1 rings (SSSR count). The van der Waals surface area contributed by atoms with Gasteiger partial charge in [-0.3, -0.25) is 20.2 Å². The van der Waals surface area contributed by atoms with Crippen LogP contribution in [0.2, 0.25) is 0 Å². The monoisotopic (exact) mass is 523 g/mol. The molecule has 0 heterocycles. The fourth-order valence-electron chi connectivity index (χ4n) is 4.27. The summed E-state index contributed by atoms with van der Waals surface area (Å²) in [6.45, 7) is 4.72. The Morgan fingerprint density at radius 3 is 1.62 bits per heavy atom. The SMILES string of the molecule is CCCCCCCCCCCCCCCCCCOCCOCCNc1ccc([N+](=O)[O-])cc1[N+](=O)[O-]. The fourth-order valence-corrected chi connectivity index (χ4v) is 4.27. The molecule has 1 aromatic rings. The average molecular weight is 524 g/mol. The Bertz CT molecular complexity index is 732. The molecule has 0 spiro atoms. The minimum Gasteiger partial charge on any atom is -0.379 e. The van der Waals surface area contributed by atoms with Crippen LogP contribution in [0.1, 0.15) is 110 Å². The van der Waals surface area contributed by atoms with Gasteiger partial charge in [-0.1, -0.05) is 103 Å². The molecule has 0 saturated heterocycles. The number of hydrogen-bond donors (Lipinski definition) is 1. The number of hydrogen-bond acceptors (Lipinski definition) is 7. The lowest BCUT2D eigenvalue weighted by Crippen LogP contribution is -2.13. The van der Waals surface area contributed by atoms with Gasteiger partial charge in [0.2, 0.25) is 0 Å². The first kappa shape index (κ1) is 32.8. The number of rotatable bonds is 26. The van der Waals surface area contributed by atoms with Gasteiger partial charge in [0.1, 0.15) is 5.69 Å². The number of ether oxygens (including phenoxy) is 2. The van der Waals surface area contributed by atoms with Crippen molar-refractivity contribution in [3.05, 3.63) is 38.4 Å². The molecule has 0 aliphatic rings. The molecule has 37 heavy (non-hydrogen) atoms. The smallest absolute Gasteiger partial charge is 0.299 e. The van der Waals surface area contributed by atoms with Crippen LogP contribution in [0.15, 0.2) is 18.2 Å². The van der Waals surface area contributed by atoms with E-state index < -0.39 is 9.85 Å². The second-order valence-corrected chi connectivity index (χ2v) is 9.67.